The molecular weight excluding hydrogens is 274 g/mol. The lowest BCUT2D eigenvalue weighted by atomic mass is 10.1. The minimum Gasteiger partial charge on any atom is -0.391 e. The molecular formula is C11H10BrNOS. The van der Waals surface area contributed by atoms with Gasteiger partial charge < -0.3 is 5.11 Å². The summed E-state index contributed by atoms with van der Waals surface area (Å²) in [6.45, 7) is 2.00. The molecule has 0 saturated carbocycles. The second-order valence-electron chi connectivity index (χ2n) is 3.17. The van der Waals surface area contributed by atoms with Gasteiger partial charge in [-0.15, -0.1) is 11.3 Å². The summed E-state index contributed by atoms with van der Waals surface area (Å²) in [5, 5.41) is 10.2. The average molecular weight is 284 g/mol. The van der Waals surface area contributed by atoms with Crippen LogP contribution in [0.2, 0.25) is 0 Å². The van der Waals surface area contributed by atoms with E-state index in [0.29, 0.717) is 0 Å². The van der Waals surface area contributed by atoms with Gasteiger partial charge in [-0.3, -0.25) is 0 Å². The van der Waals surface area contributed by atoms with Crippen LogP contribution in [-0.4, -0.2) is 10.1 Å². The quantitative estimate of drug-likeness (QED) is 0.917. The molecule has 1 heterocycles. The molecule has 0 aliphatic carbocycles. The number of rotatable bonds is 2. The highest BCUT2D eigenvalue weighted by molar-refractivity contribution is 9.10. The van der Waals surface area contributed by atoms with Crippen LogP contribution >= 0.6 is 27.3 Å². The predicted octanol–water partition coefficient (Wildman–Crippen LogP) is 3.37. The van der Waals surface area contributed by atoms with Gasteiger partial charge in [0.2, 0.25) is 0 Å². The van der Waals surface area contributed by atoms with Gasteiger partial charge in [-0.25, -0.2) is 4.98 Å². The summed E-state index contributed by atoms with van der Waals surface area (Å²) in [5.74, 6) is 0. The minimum atomic E-state index is 0.0490. The fraction of sp³-hybridized carbons (Fsp3) is 0.182. The Morgan fingerprint density at radius 1 is 1.47 bits per heavy atom. The molecule has 78 valence electrons. The summed E-state index contributed by atoms with van der Waals surface area (Å²) in [6.07, 6.45) is 0. The molecule has 2 rings (SSSR count). The first-order valence-electron chi connectivity index (χ1n) is 4.54. The van der Waals surface area contributed by atoms with Crippen molar-refractivity contribution in [2.45, 2.75) is 13.5 Å². The van der Waals surface area contributed by atoms with Crippen LogP contribution in [0.5, 0.6) is 0 Å². The van der Waals surface area contributed by atoms with E-state index in [4.69, 9.17) is 0 Å². The van der Waals surface area contributed by atoms with E-state index >= 15 is 0 Å². The van der Waals surface area contributed by atoms with E-state index in [0.717, 1.165) is 25.6 Å². The third kappa shape index (κ3) is 2.27. The molecule has 0 unspecified atom stereocenters. The average Bonchev–Trinajstić information content (AvgIpc) is 2.59. The van der Waals surface area contributed by atoms with E-state index in [9.17, 15) is 5.11 Å². The number of aliphatic hydroxyl groups is 1. The Hall–Kier alpha value is -0.710. The summed E-state index contributed by atoms with van der Waals surface area (Å²) in [5.41, 5.74) is 1.93. The molecule has 0 amide bonds. The van der Waals surface area contributed by atoms with Crippen LogP contribution in [0, 0.1) is 6.92 Å². The predicted molar refractivity (Wildman–Crippen MR) is 65.9 cm³/mol. The molecule has 0 aliphatic heterocycles. The molecule has 15 heavy (non-hydrogen) atoms. The van der Waals surface area contributed by atoms with Crippen LogP contribution in [0.4, 0.5) is 0 Å². The first-order valence-corrected chi connectivity index (χ1v) is 6.15. The Kier molecular flexibility index (Phi) is 3.19. The Morgan fingerprint density at radius 3 is 2.93 bits per heavy atom. The standard InChI is InChI=1S/C11H10BrNOS/c1-7-13-11(10(6-14)15-7)8-3-2-4-9(12)5-8/h2-5,14H,6H2,1H3. The first kappa shape index (κ1) is 10.8. The van der Waals surface area contributed by atoms with E-state index in [1.807, 2.05) is 31.2 Å². The van der Waals surface area contributed by atoms with Crippen LogP contribution in [0.25, 0.3) is 11.3 Å². The van der Waals surface area contributed by atoms with E-state index < -0.39 is 0 Å². The first-order chi connectivity index (χ1) is 7.20. The highest BCUT2D eigenvalue weighted by Crippen LogP contribution is 2.29. The lowest BCUT2D eigenvalue weighted by molar-refractivity contribution is 0.286. The molecule has 2 aromatic rings. The molecule has 1 aromatic carbocycles. The Balaban J connectivity index is 2.53. The van der Waals surface area contributed by atoms with Crippen molar-refractivity contribution in [2.24, 2.45) is 0 Å². The van der Waals surface area contributed by atoms with Crippen LogP contribution in [0.3, 0.4) is 0 Å². The lowest BCUT2D eigenvalue weighted by Crippen LogP contribution is -1.85. The maximum absolute atomic E-state index is 9.22. The molecule has 1 aromatic heterocycles. The highest BCUT2D eigenvalue weighted by atomic mass is 79.9. The van der Waals surface area contributed by atoms with Gasteiger partial charge in [-0.05, 0) is 19.1 Å². The molecule has 0 bridgehead atoms. The fourth-order valence-corrected chi connectivity index (χ4v) is 2.66. The van der Waals surface area contributed by atoms with Crippen molar-refractivity contribution in [3.05, 3.63) is 38.6 Å². The number of benzene rings is 1. The zero-order chi connectivity index (χ0) is 10.8. The molecule has 4 heteroatoms. The number of nitrogens with zero attached hydrogens (tertiary/aromatic N) is 1. The normalized spacial score (nSPS) is 10.6. The number of halogens is 1. The van der Waals surface area contributed by atoms with Crippen molar-refractivity contribution < 1.29 is 5.11 Å². The van der Waals surface area contributed by atoms with Gasteiger partial charge in [0.25, 0.3) is 0 Å². The van der Waals surface area contributed by atoms with Crippen molar-refractivity contribution in [3.63, 3.8) is 0 Å². The molecule has 0 atom stereocenters. The van der Waals surface area contributed by atoms with Crippen molar-refractivity contribution in [2.75, 3.05) is 0 Å². The summed E-state index contributed by atoms with van der Waals surface area (Å²) in [7, 11) is 0. The third-order valence-electron chi connectivity index (χ3n) is 2.05. The van der Waals surface area contributed by atoms with Crippen LogP contribution in [0.1, 0.15) is 9.88 Å². The molecule has 0 saturated heterocycles. The smallest absolute Gasteiger partial charge is 0.0905 e. The Bertz CT molecular complexity index is 481. The monoisotopic (exact) mass is 283 g/mol. The Morgan fingerprint density at radius 2 is 2.27 bits per heavy atom. The maximum Gasteiger partial charge on any atom is 0.0905 e. The van der Waals surface area contributed by atoms with Crippen molar-refractivity contribution in [3.8, 4) is 11.3 Å². The number of aryl methyl sites for hydroxylation is 1. The van der Waals surface area contributed by atoms with E-state index in [1.165, 1.54) is 11.3 Å². The van der Waals surface area contributed by atoms with E-state index in [1.54, 1.807) is 0 Å². The van der Waals surface area contributed by atoms with Gasteiger partial charge in [-0.2, -0.15) is 0 Å². The van der Waals surface area contributed by atoms with Gasteiger partial charge in [0.05, 0.1) is 22.2 Å². The number of aromatic nitrogens is 1. The number of hydrogen-bond donors (Lipinski definition) is 1. The summed E-state index contributed by atoms with van der Waals surface area (Å²) >= 11 is 4.96. The van der Waals surface area contributed by atoms with Crippen LogP contribution in [-0.2, 0) is 6.61 Å². The van der Waals surface area contributed by atoms with Crippen LogP contribution in [0.15, 0.2) is 28.7 Å². The van der Waals surface area contributed by atoms with Gasteiger partial charge in [-0.1, -0.05) is 28.1 Å². The minimum absolute atomic E-state index is 0.0490. The largest absolute Gasteiger partial charge is 0.391 e. The third-order valence-corrected chi connectivity index (χ3v) is 3.49. The zero-order valence-corrected chi connectivity index (χ0v) is 10.6. The molecule has 2 nitrogen and oxygen atoms in total. The zero-order valence-electron chi connectivity index (χ0n) is 8.20. The highest BCUT2D eigenvalue weighted by Gasteiger charge is 2.10. The second kappa shape index (κ2) is 4.43. The summed E-state index contributed by atoms with van der Waals surface area (Å²) in [6, 6.07) is 7.95. The molecule has 0 aliphatic rings. The van der Waals surface area contributed by atoms with E-state index in [2.05, 4.69) is 20.9 Å². The van der Waals surface area contributed by atoms with E-state index in [-0.39, 0.29) is 6.61 Å². The van der Waals surface area contributed by atoms with Crippen LogP contribution < -0.4 is 0 Å². The van der Waals surface area contributed by atoms with Gasteiger partial charge in [0, 0.05) is 10.0 Å². The number of hydrogen-bond acceptors (Lipinski definition) is 3. The lowest BCUT2D eigenvalue weighted by Gasteiger charge is -2.00. The van der Waals surface area contributed by atoms with Crippen molar-refractivity contribution in [1.29, 1.82) is 0 Å². The second-order valence-corrected chi connectivity index (χ2v) is 5.38. The van der Waals surface area contributed by atoms with Gasteiger partial charge in [0.15, 0.2) is 0 Å². The number of thiazole rings is 1. The fourth-order valence-electron chi connectivity index (χ4n) is 1.44. The molecule has 0 radical (unpaired) electrons. The number of aliphatic hydroxyl groups excluding tert-OH is 1. The van der Waals surface area contributed by atoms with Crippen molar-refractivity contribution >= 4 is 27.3 Å². The van der Waals surface area contributed by atoms with Gasteiger partial charge >= 0.3 is 0 Å². The Labute approximate surface area is 101 Å². The summed E-state index contributed by atoms with van der Waals surface area (Å²) < 4.78 is 1.02. The van der Waals surface area contributed by atoms with Crippen molar-refractivity contribution in [1.82, 2.24) is 4.98 Å². The molecule has 0 fully saturated rings. The summed E-state index contributed by atoms with van der Waals surface area (Å²) in [4.78, 5) is 5.35. The maximum atomic E-state index is 9.22. The SMILES string of the molecule is Cc1nc(-c2cccc(Br)c2)c(CO)s1. The topological polar surface area (TPSA) is 33.1 Å². The van der Waals surface area contributed by atoms with Gasteiger partial charge in [0.1, 0.15) is 0 Å². The molecule has 1 N–H and O–H groups in total. The molecule has 0 spiro atoms.